The third kappa shape index (κ3) is 34.1. The van der Waals surface area contributed by atoms with Crippen molar-refractivity contribution in [2.45, 2.75) is 188 Å². The molecule has 20 heteroatoms. The zero-order valence-electron chi connectivity index (χ0n) is 40.5. The van der Waals surface area contributed by atoms with Crippen LogP contribution < -0.4 is 31.9 Å². The molecular formula is C45H80N6O14. The van der Waals surface area contributed by atoms with Crippen LogP contribution >= 0.6 is 0 Å². The van der Waals surface area contributed by atoms with E-state index in [2.05, 4.69) is 31.9 Å². The average Bonchev–Trinajstić information content (AvgIpc) is 3.21. The van der Waals surface area contributed by atoms with Gasteiger partial charge < -0.3 is 55.6 Å². The van der Waals surface area contributed by atoms with Gasteiger partial charge in [0.05, 0.1) is 13.2 Å². The fourth-order valence-corrected chi connectivity index (χ4v) is 5.65. The van der Waals surface area contributed by atoms with Crippen LogP contribution in [0, 0.1) is 0 Å². The number of esters is 3. The van der Waals surface area contributed by atoms with Crippen LogP contribution in [0.5, 0.6) is 0 Å². The molecule has 374 valence electrons. The molecule has 3 unspecified atom stereocenters. The molecule has 65 heavy (non-hydrogen) atoms. The molecule has 0 aromatic rings. The maximum atomic E-state index is 13.9. The molecule has 0 radical (unpaired) electrons. The Hall–Kier alpha value is -5.01. The number of hydrogen-bond donors (Lipinski definition) is 6. The van der Waals surface area contributed by atoms with Gasteiger partial charge in [0.1, 0.15) is 42.5 Å². The van der Waals surface area contributed by atoms with E-state index in [0.717, 1.165) is 12.8 Å². The van der Waals surface area contributed by atoms with Gasteiger partial charge >= 0.3 is 24.0 Å². The van der Waals surface area contributed by atoms with Crippen LogP contribution in [0.2, 0.25) is 0 Å². The number of hydrogen-bond acceptors (Lipinski definition) is 14. The van der Waals surface area contributed by atoms with E-state index in [1.54, 1.807) is 48.5 Å². The van der Waals surface area contributed by atoms with E-state index in [-0.39, 0.29) is 70.8 Å². The molecule has 0 rings (SSSR count). The zero-order valence-corrected chi connectivity index (χ0v) is 40.5. The lowest BCUT2D eigenvalue weighted by Gasteiger charge is -2.24. The lowest BCUT2D eigenvalue weighted by Crippen LogP contribution is -2.54. The van der Waals surface area contributed by atoms with Gasteiger partial charge in [0.15, 0.2) is 0 Å². The summed E-state index contributed by atoms with van der Waals surface area (Å²) in [7, 11) is 0. The number of carbonyl (C=O) groups is 9. The highest BCUT2D eigenvalue weighted by atomic mass is 16.6. The first kappa shape index (κ1) is 60.0. The maximum Gasteiger partial charge on any atom is 0.407 e. The molecule has 6 N–H and O–H groups in total. The van der Waals surface area contributed by atoms with E-state index in [4.69, 9.17) is 23.7 Å². The summed E-state index contributed by atoms with van der Waals surface area (Å²) < 4.78 is 26.2. The first-order valence-corrected chi connectivity index (χ1v) is 23.1. The van der Waals surface area contributed by atoms with Gasteiger partial charge in [-0.15, -0.1) is 0 Å². The third-order valence-electron chi connectivity index (χ3n) is 8.96. The monoisotopic (exact) mass is 929 g/mol. The Balaban J connectivity index is 6.09. The quantitative estimate of drug-likeness (QED) is 0.0306. The largest absolute Gasteiger partial charge is 0.466 e. The molecule has 0 saturated heterocycles. The lowest BCUT2D eigenvalue weighted by molar-refractivity contribution is -0.154. The Morgan fingerprint density at radius 3 is 1.69 bits per heavy atom. The van der Waals surface area contributed by atoms with Gasteiger partial charge in [0, 0.05) is 39.0 Å². The lowest BCUT2D eigenvalue weighted by atomic mass is 10.0. The fraction of sp³-hybridized carbons (Fsp3) is 0.800. The number of nitrogens with one attached hydrogen (secondary N) is 6. The number of ether oxygens (including phenoxy) is 5. The van der Waals surface area contributed by atoms with Gasteiger partial charge in [-0.1, -0.05) is 33.1 Å². The minimum atomic E-state index is -1.40. The maximum absolute atomic E-state index is 13.9. The van der Waals surface area contributed by atoms with Crippen molar-refractivity contribution in [1.29, 1.82) is 0 Å². The van der Waals surface area contributed by atoms with Crippen LogP contribution in [0.25, 0.3) is 0 Å². The predicted molar refractivity (Wildman–Crippen MR) is 241 cm³/mol. The van der Waals surface area contributed by atoms with E-state index >= 15 is 0 Å². The van der Waals surface area contributed by atoms with Crippen LogP contribution in [0.4, 0.5) is 4.79 Å². The average molecular weight is 929 g/mol. The first-order chi connectivity index (χ1) is 30.6. The SMILES string of the molecule is CCCCOC(=O)CCC(NC(=O)CCC(NC(=O)C(CCCCNC(=O)OC(C)(C)C)NC(=O)CCCCCNC(=O)COCC)C(=O)NCC(=O)OC(C)(C)C)C(=O)OCCCC. The Kier molecular flexibility index (Phi) is 31.7. The molecule has 0 aliphatic heterocycles. The highest BCUT2D eigenvalue weighted by Crippen LogP contribution is 2.11. The predicted octanol–water partition coefficient (Wildman–Crippen LogP) is 3.55. The van der Waals surface area contributed by atoms with Gasteiger partial charge in [0.2, 0.25) is 29.5 Å². The van der Waals surface area contributed by atoms with Crippen molar-refractivity contribution < 1.29 is 66.8 Å². The zero-order chi connectivity index (χ0) is 49.3. The summed E-state index contributed by atoms with van der Waals surface area (Å²) in [5.41, 5.74) is -1.54. The van der Waals surface area contributed by atoms with E-state index in [0.29, 0.717) is 58.1 Å². The molecule has 0 fully saturated rings. The summed E-state index contributed by atoms with van der Waals surface area (Å²) in [6.45, 7) is 16.6. The Morgan fingerprint density at radius 1 is 0.492 bits per heavy atom. The number of rotatable bonds is 34. The van der Waals surface area contributed by atoms with E-state index in [9.17, 15) is 43.2 Å². The summed E-state index contributed by atoms with van der Waals surface area (Å²) in [4.78, 5) is 116. The van der Waals surface area contributed by atoms with Crippen LogP contribution in [0.3, 0.4) is 0 Å². The number of alkyl carbamates (subject to hydrolysis) is 1. The summed E-state index contributed by atoms with van der Waals surface area (Å²) in [6, 6.07) is -3.74. The highest BCUT2D eigenvalue weighted by molar-refractivity contribution is 5.93. The normalized spacial score (nSPS) is 12.6. The number of unbranched alkanes of at least 4 members (excludes halogenated alkanes) is 5. The van der Waals surface area contributed by atoms with Crippen LogP contribution in [0.1, 0.15) is 159 Å². The summed E-state index contributed by atoms with van der Waals surface area (Å²) in [5, 5.41) is 15.8. The molecular weight excluding hydrogens is 849 g/mol. The van der Waals surface area contributed by atoms with Crippen molar-refractivity contribution >= 4 is 53.5 Å². The third-order valence-corrected chi connectivity index (χ3v) is 8.96. The van der Waals surface area contributed by atoms with Gasteiger partial charge in [-0.25, -0.2) is 9.59 Å². The van der Waals surface area contributed by atoms with Crippen molar-refractivity contribution in [3.05, 3.63) is 0 Å². The second kappa shape index (κ2) is 34.4. The van der Waals surface area contributed by atoms with Gasteiger partial charge in [-0.05, 0) is 106 Å². The molecule has 6 amide bonds. The highest BCUT2D eigenvalue weighted by Gasteiger charge is 2.30. The minimum absolute atomic E-state index is 0.0341. The molecule has 0 aliphatic rings. The van der Waals surface area contributed by atoms with Crippen molar-refractivity contribution in [2.75, 3.05) is 46.1 Å². The first-order valence-electron chi connectivity index (χ1n) is 23.1. The van der Waals surface area contributed by atoms with Gasteiger partial charge in [-0.2, -0.15) is 0 Å². The van der Waals surface area contributed by atoms with Crippen molar-refractivity contribution in [3.8, 4) is 0 Å². The van der Waals surface area contributed by atoms with Crippen LogP contribution in [-0.4, -0.2) is 129 Å². The second-order valence-electron chi connectivity index (χ2n) is 17.5. The Morgan fingerprint density at radius 2 is 1.06 bits per heavy atom. The van der Waals surface area contributed by atoms with Crippen LogP contribution in [0.15, 0.2) is 0 Å². The molecule has 3 atom stereocenters. The smallest absolute Gasteiger partial charge is 0.407 e. The summed E-state index contributed by atoms with van der Waals surface area (Å²) in [5.74, 6) is -4.94. The second-order valence-corrected chi connectivity index (χ2v) is 17.5. The molecule has 0 aromatic heterocycles. The van der Waals surface area contributed by atoms with Crippen molar-refractivity contribution in [3.63, 3.8) is 0 Å². The fourth-order valence-electron chi connectivity index (χ4n) is 5.65. The summed E-state index contributed by atoms with van der Waals surface area (Å²) >= 11 is 0. The van der Waals surface area contributed by atoms with Gasteiger partial charge in [-0.3, -0.25) is 33.6 Å². The minimum Gasteiger partial charge on any atom is -0.466 e. The number of carbonyl (C=O) groups excluding carboxylic acids is 9. The standard InChI is InChI=1S/C45H80N6O14/c1-10-13-28-62-38(55)25-23-34(42(59)63-29-14-11-2)50-36(53)24-22-33(40(57)48-30-39(56)64-44(4,5)6)51-41(58)32(20-17-19-27-47-43(60)65-45(7,8)9)49-35(52)21-16-15-18-26-46-37(54)31-61-12-3/h32-34H,10-31H2,1-9H3,(H,46,54)(H,47,60)(H,48,57)(H,49,52)(H,50,53)(H,51,58). The molecule has 0 bridgehead atoms. The molecule has 0 aromatic carbocycles. The van der Waals surface area contributed by atoms with Crippen molar-refractivity contribution in [2.24, 2.45) is 0 Å². The van der Waals surface area contributed by atoms with E-state index in [1.165, 1.54) is 0 Å². The van der Waals surface area contributed by atoms with Gasteiger partial charge in [0.25, 0.3) is 0 Å². The van der Waals surface area contributed by atoms with Crippen molar-refractivity contribution in [1.82, 2.24) is 31.9 Å². The molecule has 0 saturated carbocycles. The van der Waals surface area contributed by atoms with Crippen LogP contribution in [-0.2, 0) is 62.0 Å². The Labute approximate surface area is 385 Å². The topological polar surface area (TPSA) is 272 Å². The number of amides is 6. The summed E-state index contributed by atoms with van der Waals surface area (Å²) in [6.07, 6.45) is 3.90. The van der Waals surface area contributed by atoms with E-state index < -0.39 is 83.5 Å². The molecule has 0 aliphatic carbocycles. The molecule has 20 nitrogen and oxygen atoms in total. The Bertz CT molecular complexity index is 1480. The molecule has 0 spiro atoms. The molecule has 0 heterocycles. The van der Waals surface area contributed by atoms with E-state index in [1.807, 2.05) is 13.8 Å².